The van der Waals surface area contributed by atoms with Crippen LogP contribution in [-0.2, 0) is 11.8 Å². The Balaban J connectivity index is 1.26. The van der Waals surface area contributed by atoms with Crippen molar-refractivity contribution < 1.29 is 9.47 Å². The van der Waals surface area contributed by atoms with Gasteiger partial charge in [0, 0.05) is 25.6 Å². The number of fused-ring (bicyclic) bond motifs is 1. The highest BCUT2D eigenvalue weighted by Gasteiger charge is 2.43. The first kappa shape index (κ1) is 16.8. The molecule has 0 spiro atoms. The highest BCUT2D eigenvalue weighted by atomic mass is 16.7. The van der Waals surface area contributed by atoms with Gasteiger partial charge in [0.05, 0.1) is 0 Å². The Labute approximate surface area is 154 Å². The summed E-state index contributed by atoms with van der Waals surface area (Å²) in [4.78, 5) is 4.35. The third-order valence-electron chi connectivity index (χ3n) is 5.20. The molecule has 2 aromatic carbocycles. The average molecular weight is 351 g/mol. The lowest BCUT2D eigenvalue weighted by Gasteiger charge is -2.19. The van der Waals surface area contributed by atoms with Gasteiger partial charge in [-0.05, 0) is 42.5 Å². The predicted octanol–water partition coefficient (Wildman–Crippen LogP) is 2.85. The van der Waals surface area contributed by atoms with Gasteiger partial charge < -0.3 is 20.1 Å². The lowest BCUT2D eigenvalue weighted by molar-refractivity contribution is 0.174. The van der Waals surface area contributed by atoms with E-state index in [0.29, 0.717) is 6.79 Å². The van der Waals surface area contributed by atoms with Crippen molar-refractivity contribution in [1.29, 1.82) is 0 Å². The van der Waals surface area contributed by atoms with Gasteiger partial charge in [0.15, 0.2) is 17.5 Å². The van der Waals surface area contributed by atoms with Crippen LogP contribution in [0.15, 0.2) is 53.5 Å². The number of nitrogens with one attached hydrogen (secondary N) is 2. The Morgan fingerprint density at radius 1 is 1.04 bits per heavy atom. The fraction of sp³-hybridized carbons (Fsp3) is 0.381. The number of guanidine groups is 1. The van der Waals surface area contributed by atoms with E-state index in [2.05, 4.69) is 58.1 Å². The van der Waals surface area contributed by atoms with E-state index in [1.165, 1.54) is 24.0 Å². The number of benzene rings is 2. The SMILES string of the molecule is CN=C(NCCc1ccc2c(c1)OCO2)NCC1(c2ccccc2)CC1. The fourth-order valence-corrected chi connectivity index (χ4v) is 3.41. The summed E-state index contributed by atoms with van der Waals surface area (Å²) in [7, 11) is 1.82. The largest absolute Gasteiger partial charge is 0.454 e. The molecular weight excluding hydrogens is 326 g/mol. The molecule has 0 unspecified atom stereocenters. The van der Waals surface area contributed by atoms with E-state index in [4.69, 9.17) is 9.47 Å². The van der Waals surface area contributed by atoms with Crippen molar-refractivity contribution in [2.24, 2.45) is 4.99 Å². The Kier molecular flexibility index (Phi) is 4.69. The van der Waals surface area contributed by atoms with Crippen LogP contribution in [0.25, 0.3) is 0 Å². The standard InChI is InChI=1S/C21H25N3O2/c1-22-20(24-14-21(10-11-21)17-5-3-2-4-6-17)23-12-9-16-7-8-18-19(13-16)26-15-25-18/h2-8,13H,9-12,14-15H2,1H3,(H2,22,23,24). The molecule has 1 saturated carbocycles. The molecule has 0 saturated heterocycles. The quantitative estimate of drug-likeness (QED) is 0.621. The zero-order chi connectivity index (χ0) is 17.8. The van der Waals surface area contributed by atoms with Crippen molar-refractivity contribution in [3.8, 4) is 11.5 Å². The highest BCUT2D eigenvalue weighted by molar-refractivity contribution is 5.79. The van der Waals surface area contributed by atoms with Gasteiger partial charge in [-0.15, -0.1) is 0 Å². The maximum atomic E-state index is 5.43. The van der Waals surface area contributed by atoms with Crippen LogP contribution < -0.4 is 20.1 Å². The average Bonchev–Trinajstić information content (AvgIpc) is 3.34. The van der Waals surface area contributed by atoms with E-state index in [1.807, 2.05) is 13.1 Å². The maximum absolute atomic E-state index is 5.43. The molecular formula is C21H25N3O2. The predicted molar refractivity (Wildman–Crippen MR) is 103 cm³/mol. The first-order valence-electron chi connectivity index (χ1n) is 9.18. The molecule has 1 aliphatic heterocycles. The van der Waals surface area contributed by atoms with Crippen LogP contribution >= 0.6 is 0 Å². The van der Waals surface area contributed by atoms with Crippen molar-refractivity contribution >= 4 is 5.96 Å². The molecule has 136 valence electrons. The summed E-state index contributed by atoms with van der Waals surface area (Å²) >= 11 is 0. The van der Waals surface area contributed by atoms with Gasteiger partial charge in [0.25, 0.3) is 0 Å². The number of hydrogen-bond donors (Lipinski definition) is 2. The molecule has 2 aliphatic rings. The minimum Gasteiger partial charge on any atom is -0.454 e. The molecule has 4 rings (SSSR count). The molecule has 0 atom stereocenters. The summed E-state index contributed by atoms with van der Waals surface area (Å²) < 4.78 is 10.8. The van der Waals surface area contributed by atoms with Gasteiger partial charge in [-0.2, -0.15) is 0 Å². The molecule has 2 aromatic rings. The Morgan fingerprint density at radius 3 is 2.62 bits per heavy atom. The van der Waals surface area contributed by atoms with E-state index in [9.17, 15) is 0 Å². The van der Waals surface area contributed by atoms with Gasteiger partial charge in [-0.25, -0.2) is 0 Å². The second kappa shape index (κ2) is 7.28. The molecule has 0 amide bonds. The third-order valence-corrected chi connectivity index (χ3v) is 5.20. The Bertz CT molecular complexity index is 785. The molecule has 1 heterocycles. The zero-order valence-electron chi connectivity index (χ0n) is 15.1. The number of rotatable bonds is 6. The lowest BCUT2D eigenvalue weighted by Crippen LogP contribution is -2.41. The maximum Gasteiger partial charge on any atom is 0.231 e. The van der Waals surface area contributed by atoms with Crippen LogP contribution in [0.3, 0.4) is 0 Å². The van der Waals surface area contributed by atoms with E-state index in [0.717, 1.165) is 37.0 Å². The summed E-state index contributed by atoms with van der Waals surface area (Å²) in [5, 5.41) is 6.90. The van der Waals surface area contributed by atoms with Gasteiger partial charge in [-0.1, -0.05) is 36.4 Å². The van der Waals surface area contributed by atoms with Crippen molar-refractivity contribution in [3.05, 3.63) is 59.7 Å². The first-order chi connectivity index (χ1) is 12.8. The van der Waals surface area contributed by atoms with Crippen molar-refractivity contribution in [1.82, 2.24) is 10.6 Å². The summed E-state index contributed by atoms with van der Waals surface area (Å²) in [6.45, 7) is 2.05. The summed E-state index contributed by atoms with van der Waals surface area (Å²) in [6.07, 6.45) is 3.37. The van der Waals surface area contributed by atoms with Gasteiger partial charge in [0.1, 0.15) is 0 Å². The second-order valence-corrected chi connectivity index (χ2v) is 6.94. The summed E-state index contributed by atoms with van der Waals surface area (Å²) in [5.74, 6) is 2.52. The second-order valence-electron chi connectivity index (χ2n) is 6.94. The van der Waals surface area contributed by atoms with Gasteiger partial charge >= 0.3 is 0 Å². The monoisotopic (exact) mass is 351 g/mol. The van der Waals surface area contributed by atoms with Gasteiger partial charge in [0.2, 0.25) is 6.79 Å². The number of hydrogen-bond acceptors (Lipinski definition) is 3. The minimum absolute atomic E-state index is 0.274. The first-order valence-corrected chi connectivity index (χ1v) is 9.18. The van der Waals surface area contributed by atoms with Gasteiger partial charge in [-0.3, -0.25) is 4.99 Å². The zero-order valence-corrected chi connectivity index (χ0v) is 15.1. The van der Waals surface area contributed by atoms with Crippen LogP contribution in [0.2, 0.25) is 0 Å². The molecule has 0 bridgehead atoms. The number of aliphatic imine (C=N–C) groups is 1. The topological polar surface area (TPSA) is 54.9 Å². The van der Waals surface area contributed by atoms with E-state index in [1.54, 1.807) is 0 Å². The molecule has 5 heteroatoms. The van der Waals surface area contributed by atoms with E-state index < -0.39 is 0 Å². The third kappa shape index (κ3) is 3.62. The fourth-order valence-electron chi connectivity index (χ4n) is 3.41. The van der Waals surface area contributed by atoms with Crippen LogP contribution in [0.5, 0.6) is 11.5 Å². The molecule has 1 fully saturated rings. The van der Waals surface area contributed by atoms with Crippen LogP contribution in [0.1, 0.15) is 24.0 Å². The lowest BCUT2D eigenvalue weighted by atomic mass is 9.96. The van der Waals surface area contributed by atoms with Crippen molar-refractivity contribution in [2.45, 2.75) is 24.7 Å². The molecule has 26 heavy (non-hydrogen) atoms. The van der Waals surface area contributed by atoms with E-state index >= 15 is 0 Å². The number of nitrogens with zero attached hydrogens (tertiary/aromatic N) is 1. The smallest absolute Gasteiger partial charge is 0.231 e. The normalized spacial score (nSPS) is 17.0. The van der Waals surface area contributed by atoms with E-state index in [-0.39, 0.29) is 5.41 Å². The summed E-state index contributed by atoms with van der Waals surface area (Å²) in [5.41, 5.74) is 2.92. The highest BCUT2D eigenvalue weighted by Crippen LogP contribution is 2.47. The minimum atomic E-state index is 0.274. The summed E-state index contributed by atoms with van der Waals surface area (Å²) in [6, 6.07) is 16.9. The molecule has 2 N–H and O–H groups in total. The molecule has 1 aliphatic carbocycles. The van der Waals surface area contributed by atoms with Crippen molar-refractivity contribution in [2.75, 3.05) is 26.9 Å². The Hall–Kier alpha value is -2.69. The molecule has 0 aromatic heterocycles. The van der Waals surface area contributed by atoms with Crippen LogP contribution in [-0.4, -0.2) is 32.9 Å². The van der Waals surface area contributed by atoms with Crippen LogP contribution in [0, 0.1) is 0 Å². The van der Waals surface area contributed by atoms with Crippen molar-refractivity contribution in [3.63, 3.8) is 0 Å². The number of ether oxygens (including phenoxy) is 2. The molecule has 0 radical (unpaired) electrons. The molecule has 5 nitrogen and oxygen atoms in total. The Morgan fingerprint density at radius 2 is 1.85 bits per heavy atom. The van der Waals surface area contributed by atoms with Crippen LogP contribution in [0.4, 0.5) is 0 Å².